The molecule has 0 bridgehead atoms. The van der Waals surface area contributed by atoms with Crippen LogP contribution in [0, 0.1) is 6.92 Å². The van der Waals surface area contributed by atoms with Crippen molar-refractivity contribution < 1.29 is 18.7 Å². The van der Waals surface area contributed by atoms with Gasteiger partial charge in [0.15, 0.2) is 22.1 Å². The quantitative estimate of drug-likeness (QED) is 0.283. The molecule has 0 saturated carbocycles. The molecule has 3 aromatic carbocycles. The highest BCUT2D eigenvalue weighted by atomic mass is 32.1. The van der Waals surface area contributed by atoms with Crippen molar-refractivity contribution in [1.29, 1.82) is 0 Å². The minimum absolute atomic E-state index is 0.0323. The van der Waals surface area contributed by atoms with Crippen LogP contribution in [0.4, 0.5) is 5.13 Å². The lowest BCUT2D eigenvalue weighted by atomic mass is 9.98. The molecule has 1 aliphatic rings. The van der Waals surface area contributed by atoms with E-state index in [1.165, 1.54) is 16.2 Å². The standard InChI is InChI=1S/C29H22N2O5S/c1-17-8-10-21-20(14-17)26(32)24-25(31(28(33)27(24)36-21)29-30-12-13-37-29)19-9-11-22(23(15-19)34-2)35-16-18-6-4-3-5-7-18/h3-15,25H,16H2,1-2H3/t25-/m1/s1. The molecule has 0 radical (unpaired) electrons. The average molecular weight is 511 g/mol. The van der Waals surface area contributed by atoms with Crippen molar-refractivity contribution in [3.8, 4) is 11.5 Å². The highest BCUT2D eigenvalue weighted by Crippen LogP contribution is 2.43. The van der Waals surface area contributed by atoms with E-state index in [1.807, 2.05) is 49.4 Å². The number of fused-ring (bicyclic) bond motifs is 2. The second kappa shape index (κ2) is 9.22. The molecule has 0 aliphatic carbocycles. The van der Waals surface area contributed by atoms with E-state index in [0.717, 1.165) is 11.1 Å². The molecule has 1 amide bonds. The first-order valence-corrected chi connectivity index (χ1v) is 12.6. The Bertz CT molecular complexity index is 1680. The molecule has 0 saturated heterocycles. The van der Waals surface area contributed by atoms with Gasteiger partial charge in [-0.25, -0.2) is 4.98 Å². The molecule has 0 fully saturated rings. The molecular weight excluding hydrogens is 488 g/mol. The molecule has 6 rings (SSSR count). The van der Waals surface area contributed by atoms with Crippen molar-refractivity contribution in [2.75, 3.05) is 12.0 Å². The van der Waals surface area contributed by atoms with Gasteiger partial charge in [-0.05, 0) is 42.3 Å². The molecule has 8 heteroatoms. The summed E-state index contributed by atoms with van der Waals surface area (Å²) in [6.07, 6.45) is 1.63. The van der Waals surface area contributed by atoms with E-state index in [-0.39, 0.29) is 11.2 Å². The van der Waals surface area contributed by atoms with Crippen LogP contribution in [0.2, 0.25) is 0 Å². The summed E-state index contributed by atoms with van der Waals surface area (Å²) in [5.74, 6) is 0.680. The lowest BCUT2D eigenvalue weighted by molar-refractivity contribution is 0.0971. The fraction of sp³-hybridized carbons (Fsp3) is 0.138. The maximum atomic E-state index is 13.8. The number of aryl methyl sites for hydroxylation is 1. The van der Waals surface area contributed by atoms with E-state index in [4.69, 9.17) is 13.9 Å². The van der Waals surface area contributed by atoms with Gasteiger partial charge in [-0.1, -0.05) is 48.0 Å². The smallest absolute Gasteiger partial charge is 0.297 e. The van der Waals surface area contributed by atoms with E-state index >= 15 is 0 Å². The van der Waals surface area contributed by atoms with E-state index in [1.54, 1.807) is 43.0 Å². The number of hydrogen-bond donors (Lipinski definition) is 0. The van der Waals surface area contributed by atoms with Crippen LogP contribution in [0.15, 0.2) is 87.5 Å². The minimum Gasteiger partial charge on any atom is -0.493 e. The van der Waals surface area contributed by atoms with Crippen molar-refractivity contribution in [2.45, 2.75) is 19.6 Å². The first kappa shape index (κ1) is 23.0. The number of ether oxygens (including phenoxy) is 2. The molecule has 1 atom stereocenters. The molecule has 0 unspecified atom stereocenters. The molecule has 184 valence electrons. The van der Waals surface area contributed by atoms with Crippen molar-refractivity contribution >= 4 is 33.3 Å². The van der Waals surface area contributed by atoms with E-state index in [0.29, 0.717) is 45.3 Å². The summed E-state index contributed by atoms with van der Waals surface area (Å²) < 4.78 is 17.7. The second-order valence-corrected chi connectivity index (χ2v) is 9.62. The number of amides is 1. The Balaban J connectivity index is 1.48. The average Bonchev–Trinajstić information content (AvgIpc) is 3.55. The third kappa shape index (κ3) is 3.95. The van der Waals surface area contributed by atoms with E-state index < -0.39 is 11.9 Å². The molecule has 0 spiro atoms. The molecule has 2 aromatic heterocycles. The Labute approximate surface area is 216 Å². The lowest BCUT2D eigenvalue weighted by Crippen LogP contribution is -2.29. The van der Waals surface area contributed by atoms with Gasteiger partial charge in [-0.2, -0.15) is 0 Å². The van der Waals surface area contributed by atoms with Gasteiger partial charge in [0, 0.05) is 11.6 Å². The number of benzene rings is 3. The number of aromatic nitrogens is 1. The predicted octanol–water partition coefficient (Wildman–Crippen LogP) is 5.90. The van der Waals surface area contributed by atoms with Gasteiger partial charge in [-0.15, -0.1) is 11.3 Å². The number of carbonyl (C=O) groups excluding carboxylic acids is 1. The van der Waals surface area contributed by atoms with Gasteiger partial charge in [0.05, 0.1) is 24.1 Å². The first-order valence-electron chi connectivity index (χ1n) is 11.7. The fourth-order valence-electron chi connectivity index (χ4n) is 4.64. The summed E-state index contributed by atoms with van der Waals surface area (Å²) in [5.41, 5.74) is 3.08. The summed E-state index contributed by atoms with van der Waals surface area (Å²) in [6.45, 7) is 2.29. The third-order valence-electron chi connectivity index (χ3n) is 6.39. The Morgan fingerprint density at radius 2 is 1.86 bits per heavy atom. The van der Waals surface area contributed by atoms with Crippen LogP contribution < -0.4 is 19.8 Å². The Morgan fingerprint density at radius 1 is 1.03 bits per heavy atom. The Hall–Kier alpha value is -4.43. The Kier molecular flexibility index (Phi) is 5.73. The van der Waals surface area contributed by atoms with Gasteiger partial charge in [0.1, 0.15) is 12.2 Å². The van der Waals surface area contributed by atoms with Crippen LogP contribution in [-0.2, 0) is 6.61 Å². The van der Waals surface area contributed by atoms with Gasteiger partial charge < -0.3 is 13.9 Å². The van der Waals surface area contributed by atoms with Gasteiger partial charge >= 0.3 is 0 Å². The minimum atomic E-state index is -0.730. The lowest BCUT2D eigenvalue weighted by Gasteiger charge is -2.23. The zero-order chi connectivity index (χ0) is 25.5. The molecule has 37 heavy (non-hydrogen) atoms. The molecule has 5 aromatic rings. The Morgan fingerprint density at radius 3 is 2.62 bits per heavy atom. The maximum Gasteiger partial charge on any atom is 0.297 e. The highest BCUT2D eigenvalue weighted by molar-refractivity contribution is 7.13. The van der Waals surface area contributed by atoms with Crippen LogP contribution in [0.1, 0.15) is 38.9 Å². The van der Waals surface area contributed by atoms with Crippen molar-refractivity contribution in [1.82, 2.24) is 4.98 Å². The van der Waals surface area contributed by atoms with Crippen LogP contribution in [0.3, 0.4) is 0 Å². The zero-order valence-electron chi connectivity index (χ0n) is 20.1. The van der Waals surface area contributed by atoms with Crippen LogP contribution in [0.5, 0.6) is 11.5 Å². The molecule has 7 nitrogen and oxygen atoms in total. The predicted molar refractivity (Wildman–Crippen MR) is 142 cm³/mol. The summed E-state index contributed by atoms with van der Waals surface area (Å²) in [5, 5.41) is 2.70. The molecular formula is C29H22N2O5S. The van der Waals surface area contributed by atoms with E-state index in [2.05, 4.69) is 4.98 Å². The number of thiazole rings is 1. The second-order valence-electron chi connectivity index (χ2n) is 8.75. The third-order valence-corrected chi connectivity index (χ3v) is 7.16. The molecule has 3 heterocycles. The van der Waals surface area contributed by atoms with Crippen molar-refractivity contribution in [2.24, 2.45) is 0 Å². The highest BCUT2D eigenvalue weighted by Gasteiger charge is 2.45. The first-order chi connectivity index (χ1) is 18.0. The van der Waals surface area contributed by atoms with Crippen molar-refractivity contribution in [3.63, 3.8) is 0 Å². The number of hydrogen-bond acceptors (Lipinski definition) is 7. The summed E-state index contributed by atoms with van der Waals surface area (Å²) >= 11 is 1.32. The maximum absolute atomic E-state index is 13.8. The fourth-order valence-corrected chi connectivity index (χ4v) is 5.31. The normalized spacial score (nSPS) is 14.7. The topological polar surface area (TPSA) is 81.9 Å². The van der Waals surface area contributed by atoms with Crippen LogP contribution in [-0.4, -0.2) is 18.0 Å². The summed E-state index contributed by atoms with van der Waals surface area (Å²) in [4.78, 5) is 33.3. The van der Waals surface area contributed by atoms with Gasteiger partial charge in [-0.3, -0.25) is 14.5 Å². The van der Waals surface area contributed by atoms with Gasteiger partial charge in [0.2, 0.25) is 5.76 Å². The monoisotopic (exact) mass is 510 g/mol. The van der Waals surface area contributed by atoms with Crippen LogP contribution in [0.25, 0.3) is 11.0 Å². The zero-order valence-corrected chi connectivity index (χ0v) is 21.0. The summed E-state index contributed by atoms with van der Waals surface area (Å²) in [7, 11) is 1.56. The number of methoxy groups -OCH3 is 1. The van der Waals surface area contributed by atoms with E-state index in [9.17, 15) is 9.59 Å². The van der Waals surface area contributed by atoms with Crippen molar-refractivity contribution in [3.05, 3.63) is 117 Å². The SMILES string of the molecule is COc1cc([C@@H]2c3c(oc4ccc(C)cc4c3=O)C(=O)N2c2nccs2)ccc1OCc1ccccc1. The molecule has 1 aliphatic heterocycles. The largest absolute Gasteiger partial charge is 0.493 e. The number of rotatable bonds is 6. The van der Waals surface area contributed by atoms with Crippen LogP contribution >= 0.6 is 11.3 Å². The summed E-state index contributed by atoms with van der Waals surface area (Å²) in [6, 6.07) is 19.9. The number of anilines is 1. The number of carbonyl (C=O) groups is 1. The molecule has 0 N–H and O–H groups in total. The number of nitrogens with zero attached hydrogens (tertiary/aromatic N) is 2. The van der Waals surface area contributed by atoms with Gasteiger partial charge in [0.25, 0.3) is 5.91 Å².